The minimum Gasteiger partial charge on any atom is -0.476 e. The zero-order valence-electron chi connectivity index (χ0n) is 21.9. The third-order valence-electron chi connectivity index (χ3n) is 6.53. The van der Waals surface area contributed by atoms with Crippen molar-refractivity contribution in [1.82, 2.24) is 9.97 Å². The lowest BCUT2D eigenvalue weighted by Crippen LogP contribution is -2.37. The Morgan fingerprint density at radius 3 is 2.64 bits per heavy atom. The van der Waals surface area contributed by atoms with Gasteiger partial charge in [-0.05, 0) is 64.4 Å². The number of aromatic nitrogens is 2. The molecule has 3 heterocycles. The Balaban J connectivity index is 1.45. The normalized spacial score (nSPS) is 13.5. The first-order valence-electron chi connectivity index (χ1n) is 12.6. The summed E-state index contributed by atoms with van der Waals surface area (Å²) in [6.45, 7) is 8.81. The predicted octanol–water partition coefficient (Wildman–Crippen LogP) is 6.58. The molecular formula is C27H29IN4O4S2Si. The van der Waals surface area contributed by atoms with Gasteiger partial charge in [0.2, 0.25) is 0 Å². The number of carboxylic acid groups (broad SMARTS) is 1. The molecule has 0 saturated heterocycles. The highest BCUT2D eigenvalue weighted by Crippen LogP contribution is 2.34. The largest absolute Gasteiger partial charge is 0.476 e. The number of carbonyl (C=O) groups is 2. The molecule has 2 aromatic heterocycles. The van der Waals surface area contributed by atoms with E-state index in [4.69, 9.17) is 9.72 Å². The number of thiazole rings is 2. The van der Waals surface area contributed by atoms with Crippen LogP contribution < -0.4 is 9.80 Å². The number of carboxylic acids is 1. The average Bonchev–Trinajstić information content (AvgIpc) is 3.50. The molecule has 0 fully saturated rings. The van der Waals surface area contributed by atoms with Crippen LogP contribution in [-0.2, 0) is 17.7 Å². The molecule has 8 nitrogen and oxygen atoms in total. The van der Waals surface area contributed by atoms with E-state index in [2.05, 4.69) is 35.6 Å². The Bertz CT molecular complexity index is 1500. The molecule has 204 valence electrons. The summed E-state index contributed by atoms with van der Waals surface area (Å²) in [6, 6.07) is 14.7. The van der Waals surface area contributed by atoms with Gasteiger partial charge in [0.15, 0.2) is 16.0 Å². The zero-order chi connectivity index (χ0) is 27.7. The number of anilines is 2. The summed E-state index contributed by atoms with van der Waals surface area (Å²) < 4.78 is 7.73. The summed E-state index contributed by atoms with van der Waals surface area (Å²) >= 11 is 4.86. The number of para-hydroxylation sites is 1. The molecule has 1 aliphatic heterocycles. The van der Waals surface area contributed by atoms with Crippen LogP contribution in [0.5, 0.6) is 0 Å². The molecule has 0 radical (unpaired) electrons. The lowest BCUT2D eigenvalue weighted by atomic mass is 9.94. The van der Waals surface area contributed by atoms with Gasteiger partial charge in [-0.2, -0.15) is 0 Å². The molecule has 12 heteroatoms. The van der Waals surface area contributed by atoms with E-state index in [1.807, 2.05) is 59.0 Å². The minimum atomic E-state index is -1.28. The second-order valence-corrected chi connectivity index (χ2v) is 20.0. The molecule has 0 atom stereocenters. The summed E-state index contributed by atoms with van der Waals surface area (Å²) in [7, 11) is -1.28. The van der Waals surface area contributed by atoms with Crippen LogP contribution in [0.25, 0.3) is 10.2 Å². The fourth-order valence-electron chi connectivity index (χ4n) is 4.36. The molecule has 39 heavy (non-hydrogen) atoms. The van der Waals surface area contributed by atoms with Crippen molar-refractivity contribution in [3.63, 3.8) is 0 Å². The quantitative estimate of drug-likeness (QED) is 0.0917. The number of fused-ring (bicyclic) bond motifs is 2. The SMILES string of the molecule is C[Si](C)(C)CCOCN(C(=O)c1cccc2c1CN(c1nc(C(=O)O)c(I)s1)CC2)c1nc2ccccc2s1. The van der Waals surface area contributed by atoms with Gasteiger partial charge in [0.25, 0.3) is 5.91 Å². The number of hydrogen-bond acceptors (Lipinski definition) is 8. The van der Waals surface area contributed by atoms with Crippen LogP contribution in [0.4, 0.5) is 10.3 Å². The van der Waals surface area contributed by atoms with Crippen molar-refractivity contribution in [3.8, 4) is 0 Å². The Morgan fingerprint density at radius 1 is 1.13 bits per heavy atom. The lowest BCUT2D eigenvalue weighted by molar-refractivity contribution is 0.0690. The average molecular weight is 693 g/mol. The van der Waals surface area contributed by atoms with Crippen LogP contribution in [-0.4, -0.2) is 54.9 Å². The van der Waals surface area contributed by atoms with Crippen LogP contribution in [0, 0.1) is 2.88 Å². The summed E-state index contributed by atoms with van der Waals surface area (Å²) in [5.41, 5.74) is 3.58. The maximum Gasteiger partial charge on any atom is 0.356 e. The fraction of sp³-hybridized carbons (Fsp3) is 0.333. The Hall–Kier alpha value is -2.39. The lowest BCUT2D eigenvalue weighted by Gasteiger charge is -2.31. The predicted molar refractivity (Wildman–Crippen MR) is 168 cm³/mol. The first kappa shape index (κ1) is 28.1. The van der Waals surface area contributed by atoms with E-state index in [9.17, 15) is 14.7 Å². The number of nitrogens with zero attached hydrogens (tertiary/aromatic N) is 4. The van der Waals surface area contributed by atoms with E-state index in [1.165, 1.54) is 22.7 Å². The van der Waals surface area contributed by atoms with Crippen molar-refractivity contribution in [2.75, 3.05) is 29.7 Å². The van der Waals surface area contributed by atoms with E-state index in [-0.39, 0.29) is 18.3 Å². The van der Waals surface area contributed by atoms with Gasteiger partial charge < -0.3 is 14.7 Å². The number of amides is 1. The van der Waals surface area contributed by atoms with Crippen LogP contribution >= 0.6 is 45.3 Å². The Kier molecular flexibility index (Phi) is 8.38. The number of benzene rings is 2. The van der Waals surface area contributed by atoms with Gasteiger partial charge in [-0.3, -0.25) is 9.69 Å². The highest BCUT2D eigenvalue weighted by molar-refractivity contribution is 14.1. The Labute approximate surface area is 249 Å². The molecule has 1 aliphatic rings. The number of rotatable bonds is 9. The molecule has 0 saturated carbocycles. The smallest absolute Gasteiger partial charge is 0.356 e. The number of hydrogen-bond donors (Lipinski definition) is 1. The molecule has 1 amide bonds. The minimum absolute atomic E-state index is 0.0724. The van der Waals surface area contributed by atoms with Gasteiger partial charge in [-0.1, -0.05) is 66.6 Å². The molecule has 1 N–H and O–H groups in total. The highest BCUT2D eigenvalue weighted by Gasteiger charge is 2.29. The second kappa shape index (κ2) is 11.6. The van der Waals surface area contributed by atoms with Crippen molar-refractivity contribution in [3.05, 3.63) is 67.7 Å². The molecule has 2 aromatic carbocycles. The standard InChI is InChI=1S/C27H29IN4O4S2Si/c1-39(2,3)14-13-36-16-32(27-29-20-9-4-5-10-21(20)37-27)24(33)18-8-6-7-17-11-12-31(15-19(17)18)26-30-22(25(34)35)23(28)38-26/h4-10H,11-16H2,1-3H3,(H,34,35). The third kappa shape index (κ3) is 6.35. The van der Waals surface area contributed by atoms with Crippen molar-refractivity contribution in [1.29, 1.82) is 0 Å². The first-order chi connectivity index (χ1) is 18.6. The van der Waals surface area contributed by atoms with Gasteiger partial charge >= 0.3 is 5.97 Å². The van der Waals surface area contributed by atoms with Gasteiger partial charge in [0, 0.05) is 33.3 Å². The molecular weight excluding hydrogens is 663 g/mol. The number of halogens is 1. The van der Waals surface area contributed by atoms with Crippen molar-refractivity contribution in [2.45, 2.75) is 38.7 Å². The summed E-state index contributed by atoms with van der Waals surface area (Å²) in [5, 5.41) is 10.7. The molecule has 5 rings (SSSR count). The maximum atomic E-state index is 14.2. The van der Waals surface area contributed by atoms with E-state index < -0.39 is 14.0 Å². The first-order valence-corrected chi connectivity index (χ1v) is 19.0. The van der Waals surface area contributed by atoms with Gasteiger partial charge in [0.05, 0.1) is 10.2 Å². The Morgan fingerprint density at radius 2 is 1.92 bits per heavy atom. The molecule has 0 bridgehead atoms. The number of ether oxygens (including phenoxy) is 1. The van der Waals surface area contributed by atoms with Gasteiger partial charge in [-0.15, -0.1) is 0 Å². The van der Waals surface area contributed by atoms with Crippen molar-refractivity contribution >= 4 is 85.7 Å². The van der Waals surface area contributed by atoms with Crippen LogP contribution in [0.3, 0.4) is 0 Å². The molecule has 0 spiro atoms. The fourth-order valence-corrected chi connectivity index (χ4v) is 7.82. The molecule has 4 aromatic rings. The summed E-state index contributed by atoms with van der Waals surface area (Å²) in [6.07, 6.45) is 0.739. The van der Waals surface area contributed by atoms with Crippen LogP contribution in [0.2, 0.25) is 25.7 Å². The van der Waals surface area contributed by atoms with E-state index in [0.29, 0.717) is 38.4 Å². The van der Waals surface area contributed by atoms with Gasteiger partial charge in [0.1, 0.15) is 9.61 Å². The van der Waals surface area contributed by atoms with Crippen LogP contribution in [0.15, 0.2) is 42.5 Å². The second-order valence-electron chi connectivity index (χ2n) is 10.6. The van der Waals surface area contributed by atoms with Crippen LogP contribution in [0.1, 0.15) is 32.0 Å². The molecule has 0 unspecified atom stereocenters. The highest BCUT2D eigenvalue weighted by atomic mass is 127. The zero-order valence-corrected chi connectivity index (χ0v) is 26.7. The monoisotopic (exact) mass is 692 g/mol. The number of aromatic carboxylic acids is 1. The molecule has 0 aliphatic carbocycles. The third-order valence-corrected chi connectivity index (χ3v) is 11.4. The van der Waals surface area contributed by atoms with E-state index in [1.54, 1.807) is 4.90 Å². The van der Waals surface area contributed by atoms with E-state index in [0.717, 1.165) is 33.8 Å². The van der Waals surface area contributed by atoms with Crippen molar-refractivity contribution < 1.29 is 19.4 Å². The van der Waals surface area contributed by atoms with E-state index >= 15 is 0 Å². The summed E-state index contributed by atoms with van der Waals surface area (Å²) in [5.74, 6) is -1.18. The summed E-state index contributed by atoms with van der Waals surface area (Å²) in [4.78, 5) is 38.6. The van der Waals surface area contributed by atoms with Crippen molar-refractivity contribution in [2.24, 2.45) is 0 Å². The maximum absolute atomic E-state index is 14.2. The number of carbonyl (C=O) groups excluding carboxylic acids is 1. The topological polar surface area (TPSA) is 95.9 Å². The van der Waals surface area contributed by atoms with Gasteiger partial charge in [-0.25, -0.2) is 14.8 Å².